The van der Waals surface area contributed by atoms with E-state index in [0.29, 0.717) is 39.2 Å². The number of anilines is 3. The van der Waals surface area contributed by atoms with Crippen molar-refractivity contribution in [3.05, 3.63) is 33.9 Å². The Bertz CT molecular complexity index is 709. The van der Waals surface area contributed by atoms with Crippen LogP contribution in [-0.2, 0) is 0 Å². The number of hydrogen-bond donors (Lipinski definition) is 2. The monoisotopic (exact) mass is 368 g/mol. The fraction of sp³-hybridized carbons (Fsp3) is 0.412. The summed E-state index contributed by atoms with van der Waals surface area (Å²) in [4.78, 5) is 8.84. The molecule has 0 saturated heterocycles. The Morgan fingerprint density at radius 1 is 1.25 bits per heavy atom. The zero-order valence-corrected chi connectivity index (χ0v) is 15.8. The number of halogens is 2. The van der Waals surface area contributed by atoms with Gasteiger partial charge >= 0.3 is 0 Å². The lowest BCUT2D eigenvalue weighted by Crippen LogP contribution is -2.13. The van der Waals surface area contributed by atoms with Crippen LogP contribution in [0.4, 0.5) is 17.5 Å². The second-order valence-corrected chi connectivity index (χ2v) is 6.53. The Kier molecular flexibility index (Phi) is 6.52. The molecule has 0 bridgehead atoms. The molecule has 0 amide bonds. The van der Waals surface area contributed by atoms with Gasteiger partial charge in [0.05, 0.1) is 22.8 Å². The van der Waals surface area contributed by atoms with E-state index in [2.05, 4.69) is 34.4 Å². The van der Waals surface area contributed by atoms with Gasteiger partial charge in [-0.25, -0.2) is 4.98 Å². The molecule has 0 fully saturated rings. The molecule has 0 saturated carbocycles. The molecule has 1 heterocycles. The Morgan fingerprint density at radius 2 is 2.00 bits per heavy atom. The van der Waals surface area contributed by atoms with E-state index in [0.717, 1.165) is 18.5 Å². The minimum absolute atomic E-state index is 0.461. The highest BCUT2D eigenvalue weighted by atomic mass is 35.5. The van der Waals surface area contributed by atoms with Gasteiger partial charge in [0, 0.05) is 24.4 Å². The van der Waals surface area contributed by atoms with E-state index in [4.69, 9.17) is 27.9 Å². The molecular weight excluding hydrogens is 347 g/mol. The van der Waals surface area contributed by atoms with Gasteiger partial charge in [0.2, 0.25) is 5.95 Å². The Balaban J connectivity index is 2.23. The van der Waals surface area contributed by atoms with Crippen molar-refractivity contribution in [1.82, 2.24) is 9.97 Å². The largest absolute Gasteiger partial charge is 0.495 e. The molecule has 130 valence electrons. The average Bonchev–Trinajstić information content (AvgIpc) is 2.57. The third kappa shape index (κ3) is 4.65. The smallest absolute Gasteiger partial charge is 0.224 e. The van der Waals surface area contributed by atoms with Gasteiger partial charge < -0.3 is 15.4 Å². The zero-order chi connectivity index (χ0) is 17.7. The van der Waals surface area contributed by atoms with Gasteiger partial charge in [-0.05, 0) is 18.9 Å². The number of hydrogen-bond acceptors (Lipinski definition) is 5. The van der Waals surface area contributed by atoms with Crippen molar-refractivity contribution < 1.29 is 4.74 Å². The molecule has 1 aromatic heterocycles. The quantitative estimate of drug-likeness (QED) is 0.693. The molecule has 2 rings (SSSR count). The molecule has 0 aliphatic rings. The van der Waals surface area contributed by atoms with Crippen LogP contribution in [-0.4, -0.2) is 23.6 Å². The van der Waals surface area contributed by atoms with Crippen LogP contribution < -0.4 is 15.4 Å². The lowest BCUT2D eigenvalue weighted by molar-refractivity contribution is 0.415. The van der Waals surface area contributed by atoms with Gasteiger partial charge in [-0.3, -0.25) is 0 Å². The highest BCUT2D eigenvalue weighted by Gasteiger charge is 2.11. The van der Waals surface area contributed by atoms with Crippen molar-refractivity contribution in [2.75, 3.05) is 24.3 Å². The standard InChI is InChI=1S/C17H22Cl2N4O/c1-5-10(2)8-20-17-21-9-11(3)16(23-17)22-14-7-15(24-4)13(19)6-12(14)18/h6-7,9-10H,5,8H2,1-4H3,(H2,20,21,22,23). The number of methoxy groups -OCH3 is 1. The number of ether oxygens (including phenoxy) is 1. The van der Waals surface area contributed by atoms with Crippen LogP contribution in [0.3, 0.4) is 0 Å². The Labute approximate surface area is 152 Å². The molecule has 7 heteroatoms. The molecule has 1 aromatic carbocycles. The van der Waals surface area contributed by atoms with Gasteiger partial charge in [0.25, 0.3) is 0 Å². The summed E-state index contributed by atoms with van der Waals surface area (Å²) >= 11 is 12.3. The highest BCUT2D eigenvalue weighted by molar-refractivity contribution is 6.37. The normalized spacial score (nSPS) is 11.9. The van der Waals surface area contributed by atoms with Crippen molar-refractivity contribution in [3.8, 4) is 5.75 Å². The predicted molar refractivity (Wildman–Crippen MR) is 101 cm³/mol. The second kappa shape index (κ2) is 8.40. The molecule has 0 aliphatic carbocycles. The summed E-state index contributed by atoms with van der Waals surface area (Å²) in [5.41, 5.74) is 1.58. The Morgan fingerprint density at radius 3 is 2.67 bits per heavy atom. The summed E-state index contributed by atoms with van der Waals surface area (Å²) in [5, 5.41) is 7.43. The summed E-state index contributed by atoms with van der Waals surface area (Å²) in [5.74, 6) is 2.37. The molecule has 24 heavy (non-hydrogen) atoms. The maximum Gasteiger partial charge on any atom is 0.224 e. The fourth-order valence-corrected chi connectivity index (χ4v) is 2.48. The van der Waals surface area contributed by atoms with Crippen molar-refractivity contribution in [2.24, 2.45) is 5.92 Å². The third-order valence-electron chi connectivity index (χ3n) is 3.77. The van der Waals surface area contributed by atoms with Crippen LogP contribution in [0, 0.1) is 12.8 Å². The van der Waals surface area contributed by atoms with E-state index >= 15 is 0 Å². The number of rotatable bonds is 7. The number of aromatic nitrogens is 2. The SMILES string of the molecule is CCC(C)CNc1ncc(C)c(Nc2cc(OC)c(Cl)cc2Cl)n1. The first kappa shape index (κ1) is 18.6. The zero-order valence-electron chi connectivity index (χ0n) is 14.3. The molecule has 2 aromatic rings. The summed E-state index contributed by atoms with van der Waals surface area (Å²) < 4.78 is 5.23. The molecule has 0 aliphatic heterocycles. The Hall–Kier alpha value is -1.72. The van der Waals surface area contributed by atoms with Crippen molar-refractivity contribution in [1.29, 1.82) is 0 Å². The van der Waals surface area contributed by atoms with E-state index < -0.39 is 0 Å². The van der Waals surface area contributed by atoms with Gasteiger partial charge in [0.15, 0.2) is 0 Å². The van der Waals surface area contributed by atoms with E-state index in [1.807, 2.05) is 6.92 Å². The lowest BCUT2D eigenvalue weighted by atomic mass is 10.1. The molecular formula is C17H22Cl2N4O. The van der Waals surface area contributed by atoms with E-state index in [1.54, 1.807) is 25.4 Å². The summed E-state index contributed by atoms with van der Waals surface area (Å²) in [6.45, 7) is 7.10. The van der Waals surface area contributed by atoms with Crippen LogP contribution in [0.25, 0.3) is 0 Å². The maximum absolute atomic E-state index is 6.26. The number of benzene rings is 1. The molecule has 0 radical (unpaired) electrons. The van der Waals surface area contributed by atoms with Gasteiger partial charge in [-0.2, -0.15) is 4.98 Å². The van der Waals surface area contributed by atoms with Crippen LogP contribution in [0.2, 0.25) is 10.0 Å². The highest BCUT2D eigenvalue weighted by Crippen LogP contribution is 2.35. The van der Waals surface area contributed by atoms with E-state index in [9.17, 15) is 0 Å². The number of aryl methyl sites for hydroxylation is 1. The summed E-state index contributed by atoms with van der Waals surface area (Å²) in [6, 6.07) is 3.39. The van der Waals surface area contributed by atoms with Crippen molar-refractivity contribution >= 4 is 40.7 Å². The number of nitrogens with zero attached hydrogens (tertiary/aromatic N) is 2. The third-order valence-corrected chi connectivity index (χ3v) is 4.38. The van der Waals surface area contributed by atoms with Crippen LogP contribution in [0.15, 0.2) is 18.3 Å². The molecule has 0 spiro atoms. The minimum Gasteiger partial charge on any atom is -0.495 e. The average molecular weight is 369 g/mol. The predicted octanol–water partition coefficient (Wildman–Crippen LogP) is 5.30. The summed E-state index contributed by atoms with van der Waals surface area (Å²) in [7, 11) is 1.56. The van der Waals surface area contributed by atoms with Gasteiger partial charge in [-0.1, -0.05) is 43.5 Å². The molecule has 1 unspecified atom stereocenters. The molecule has 2 N–H and O–H groups in total. The second-order valence-electron chi connectivity index (χ2n) is 5.71. The van der Waals surface area contributed by atoms with E-state index in [1.165, 1.54) is 0 Å². The van der Waals surface area contributed by atoms with Gasteiger partial charge in [-0.15, -0.1) is 0 Å². The van der Waals surface area contributed by atoms with Crippen molar-refractivity contribution in [3.63, 3.8) is 0 Å². The fourth-order valence-electron chi connectivity index (χ4n) is 1.97. The maximum atomic E-state index is 6.26. The number of nitrogens with one attached hydrogen (secondary N) is 2. The topological polar surface area (TPSA) is 59.1 Å². The first-order valence-corrected chi connectivity index (χ1v) is 8.57. The van der Waals surface area contributed by atoms with Gasteiger partial charge in [0.1, 0.15) is 11.6 Å². The summed E-state index contributed by atoms with van der Waals surface area (Å²) in [6.07, 6.45) is 2.87. The van der Waals surface area contributed by atoms with Crippen LogP contribution >= 0.6 is 23.2 Å². The lowest BCUT2D eigenvalue weighted by Gasteiger charge is -2.14. The molecule has 5 nitrogen and oxygen atoms in total. The molecule has 1 atom stereocenters. The van der Waals surface area contributed by atoms with Crippen LogP contribution in [0.1, 0.15) is 25.8 Å². The van der Waals surface area contributed by atoms with Crippen molar-refractivity contribution in [2.45, 2.75) is 27.2 Å². The first-order chi connectivity index (χ1) is 11.4. The van der Waals surface area contributed by atoms with Crippen LogP contribution in [0.5, 0.6) is 5.75 Å². The minimum atomic E-state index is 0.461. The van der Waals surface area contributed by atoms with E-state index in [-0.39, 0.29) is 0 Å². The first-order valence-electron chi connectivity index (χ1n) is 7.82.